The van der Waals surface area contributed by atoms with Gasteiger partial charge in [0.25, 0.3) is 10.8 Å². The zero-order valence-electron chi connectivity index (χ0n) is 16.8. The molecule has 0 saturated carbocycles. The SMILES string of the molecule is Cc1ccc2c(C)nc(Nc3nc(CSc4nc5ccccc5o4)cc(=O)[nH]3)nc2c1. The van der Waals surface area contributed by atoms with E-state index in [0.717, 1.165) is 33.3 Å². The molecule has 31 heavy (non-hydrogen) atoms. The molecular formula is C22H18N6O2S. The smallest absolute Gasteiger partial charge is 0.257 e. The number of anilines is 2. The van der Waals surface area contributed by atoms with Crippen molar-refractivity contribution in [2.45, 2.75) is 24.8 Å². The Balaban J connectivity index is 1.38. The number of oxazole rings is 1. The summed E-state index contributed by atoms with van der Waals surface area (Å²) in [5.41, 5.74) is 4.64. The van der Waals surface area contributed by atoms with Gasteiger partial charge in [-0.05, 0) is 37.6 Å². The average molecular weight is 430 g/mol. The first-order valence-electron chi connectivity index (χ1n) is 9.64. The molecule has 154 valence electrons. The zero-order valence-corrected chi connectivity index (χ0v) is 17.7. The number of hydrogen-bond donors (Lipinski definition) is 2. The van der Waals surface area contributed by atoms with Crippen molar-refractivity contribution in [1.82, 2.24) is 24.9 Å². The van der Waals surface area contributed by atoms with Gasteiger partial charge in [0.15, 0.2) is 5.58 Å². The Morgan fingerprint density at radius 1 is 1.00 bits per heavy atom. The number of nitrogens with one attached hydrogen (secondary N) is 2. The summed E-state index contributed by atoms with van der Waals surface area (Å²) in [4.78, 5) is 32.8. The van der Waals surface area contributed by atoms with Crippen LogP contribution in [-0.4, -0.2) is 24.9 Å². The van der Waals surface area contributed by atoms with E-state index in [-0.39, 0.29) is 11.5 Å². The van der Waals surface area contributed by atoms with Gasteiger partial charge in [-0.3, -0.25) is 15.1 Å². The predicted octanol–water partition coefficient (Wildman–Crippen LogP) is 4.51. The standard InChI is InChI=1S/C22H18N6O2S/c1-12-7-8-15-13(2)23-20(25-17(15)9-12)28-21-24-14(10-19(29)27-21)11-31-22-26-16-5-3-4-6-18(16)30-22/h3-10H,11H2,1-2H3,(H2,23,24,25,27,28,29). The molecule has 3 heterocycles. The molecule has 0 aliphatic carbocycles. The minimum absolute atomic E-state index is 0.265. The lowest BCUT2D eigenvalue weighted by atomic mass is 10.1. The maximum atomic E-state index is 12.2. The van der Waals surface area contributed by atoms with Crippen molar-refractivity contribution in [3.05, 3.63) is 75.8 Å². The number of benzene rings is 2. The molecular weight excluding hydrogens is 412 g/mol. The highest BCUT2D eigenvalue weighted by atomic mass is 32.2. The number of fused-ring (bicyclic) bond motifs is 2. The number of aryl methyl sites for hydroxylation is 2. The van der Waals surface area contributed by atoms with Crippen LogP contribution in [-0.2, 0) is 5.75 Å². The third kappa shape index (κ3) is 4.13. The normalized spacial score (nSPS) is 11.3. The van der Waals surface area contributed by atoms with E-state index in [1.165, 1.54) is 17.8 Å². The fraction of sp³-hybridized carbons (Fsp3) is 0.136. The topological polar surface area (TPSA) is 110 Å². The minimum Gasteiger partial charge on any atom is -0.431 e. The van der Waals surface area contributed by atoms with Crippen LogP contribution >= 0.6 is 11.8 Å². The second kappa shape index (κ2) is 7.84. The van der Waals surface area contributed by atoms with Gasteiger partial charge in [0.05, 0.1) is 16.9 Å². The van der Waals surface area contributed by atoms with Gasteiger partial charge in [-0.25, -0.2) is 19.9 Å². The number of H-pyrrole nitrogens is 1. The van der Waals surface area contributed by atoms with E-state index >= 15 is 0 Å². The number of rotatable bonds is 5. The van der Waals surface area contributed by atoms with Gasteiger partial charge >= 0.3 is 0 Å². The van der Waals surface area contributed by atoms with E-state index in [1.54, 1.807) is 0 Å². The van der Waals surface area contributed by atoms with Crippen LogP contribution in [0.1, 0.15) is 17.0 Å². The van der Waals surface area contributed by atoms with Crippen LogP contribution in [0.4, 0.5) is 11.9 Å². The minimum atomic E-state index is -0.265. The maximum absolute atomic E-state index is 12.2. The summed E-state index contributed by atoms with van der Waals surface area (Å²) in [7, 11) is 0. The molecule has 3 aromatic heterocycles. The third-order valence-corrected chi connectivity index (χ3v) is 5.55. The molecule has 0 aliphatic heterocycles. The summed E-state index contributed by atoms with van der Waals surface area (Å²) in [5.74, 6) is 1.09. The van der Waals surface area contributed by atoms with Crippen molar-refractivity contribution < 1.29 is 4.42 Å². The van der Waals surface area contributed by atoms with Crippen LogP contribution in [0.15, 0.2) is 63.0 Å². The van der Waals surface area contributed by atoms with E-state index in [2.05, 4.69) is 30.2 Å². The summed E-state index contributed by atoms with van der Waals surface area (Å²) in [6.07, 6.45) is 0. The summed E-state index contributed by atoms with van der Waals surface area (Å²) in [6, 6.07) is 15.1. The van der Waals surface area contributed by atoms with Crippen molar-refractivity contribution in [2.75, 3.05) is 5.32 Å². The monoisotopic (exact) mass is 430 g/mol. The van der Waals surface area contributed by atoms with E-state index in [1.807, 2.05) is 56.3 Å². The molecule has 0 fully saturated rings. The molecule has 0 aliphatic rings. The number of nitrogens with zero attached hydrogens (tertiary/aromatic N) is 4. The maximum Gasteiger partial charge on any atom is 0.257 e. The molecule has 8 nitrogen and oxygen atoms in total. The molecule has 0 bridgehead atoms. The van der Waals surface area contributed by atoms with Gasteiger partial charge in [0.2, 0.25) is 11.9 Å². The lowest BCUT2D eigenvalue weighted by Crippen LogP contribution is -2.13. The molecule has 2 aromatic carbocycles. The van der Waals surface area contributed by atoms with Crippen molar-refractivity contribution in [3.8, 4) is 0 Å². The molecule has 2 N–H and O–H groups in total. The second-order valence-electron chi connectivity index (χ2n) is 7.10. The largest absolute Gasteiger partial charge is 0.431 e. The molecule has 0 amide bonds. The predicted molar refractivity (Wildman–Crippen MR) is 121 cm³/mol. The van der Waals surface area contributed by atoms with Gasteiger partial charge in [-0.1, -0.05) is 36.0 Å². The van der Waals surface area contributed by atoms with E-state index in [0.29, 0.717) is 22.6 Å². The summed E-state index contributed by atoms with van der Waals surface area (Å²) >= 11 is 1.38. The van der Waals surface area contributed by atoms with Crippen molar-refractivity contribution in [1.29, 1.82) is 0 Å². The quantitative estimate of drug-likeness (QED) is 0.392. The Labute approximate surface area is 181 Å². The molecule has 0 radical (unpaired) electrons. The van der Waals surface area contributed by atoms with Crippen molar-refractivity contribution in [2.24, 2.45) is 0 Å². The number of para-hydroxylation sites is 2. The highest BCUT2D eigenvalue weighted by Crippen LogP contribution is 2.26. The highest BCUT2D eigenvalue weighted by Gasteiger charge is 2.10. The van der Waals surface area contributed by atoms with Crippen LogP contribution in [0, 0.1) is 13.8 Å². The molecule has 0 saturated heterocycles. The highest BCUT2D eigenvalue weighted by molar-refractivity contribution is 7.98. The first-order chi connectivity index (χ1) is 15.0. The van der Waals surface area contributed by atoms with Crippen LogP contribution < -0.4 is 10.9 Å². The van der Waals surface area contributed by atoms with Gasteiger partial charge in [-0.2, -0.15) is 0 Å². The summed E-state index contributed by atoms with van der Waals surface area (Å²) in [6.45, 7) is 3.94. The first kappa shape index (κ1) is 19.3. The third-order valence-electron chi connectivity index (χ3n) is 4.69. The number of aromatic amines is 1. The number of thioether (sulfide) groups is 1. The Morgan fingerprint density at radius 3 is 2.74 bits per heavy atom. The van der Waals surface area contributed by atoms with Gasteiger partial charge in [0, 0.05) is 17.2 Å². The zero-order chi connectivity index (χ0) is 21.4. The fourth-order valence-corrected chi connectivity index (χ4v) is 3.98. The molecule has 0 unspecified atom stereocenters. The average Bonchev–Trinajstić information content (AvgIpc) is 3.14. The van der Waals surface area contributed by atoms with Crippen LogP contribution in [0.2, 0.25) is 0 Å². The first-order valence-corrected chi connectivity index (χ1v) is 10.6. The molecule has 9 heteroatoms. The summed E-state index contributed by atoms with van der Waals surface area (Å²) in [5, 5.41) is 4.54. The van der Waals surface area contributed by atoms with E-state index in [9.17, 15) is 4.79 Å². The Bertz CT molecular complexity index is 1440. The number of aromatic nitrogens is 5. The van der Waals surface area contributed by atoms with Gasteiger partial charge < -0.3 is 4.42 Å². The molecule has 5 rings (SSSR count). The molecule has 5 aromatic rings. The van der Waals surface area contributed by atoms with Crippen LogP contribution in [0.3, 0.4) is 0 Å². The Morgan fingerprint density at radius 2 is 1.87 bits per heavy atom. The van der Waals surface area contributed by atoms with E-state index < -0.39 is 0 Å². The van der Waals surface area contributed by atoms with Gasteiger partial charge in [0.1, 0.15) is 5.52 Å². The lowest BCUT2D eigenvalue weighted by Gasteiger charge is -2.08. The molecule has 0 atom stereocenters. The Hall–Kier alpha value is -3.72. The van der Waals surface area contributed by atoms with Crippen molar-refractivity contribution >= 4 is 45.7 Å². The fourth-order valence-electron chi connectivity index (χ4n) is 3.25. The molecule has 0 spiro atoms. The van der Waals surface area contributed by atoms with Crippen LogP contribution in [0.25, 0.3) is 22.0 Å². The second-order valence-corrected chi connectivity index (χ2v) is 8.03. The lowest BCUT2D eigenvalue weighted by molar-refractivity contribution is 0.489. The number of hydrogen-bond acceptors (Lipinski definition) is 8. The van der Waals surface area contributed by atoms with Crippen LogP contribution in [0.5, 0.6) is 0 Å². The van der Waals surface area contributed by atoms with E-state index in [4.69, 9.17) is 4.42 Å². The summed E-state index contributed by atoms with van der Waals surface area (Å²) < 4.78 is 5.71. The Kier molecular flexibility index (Phi) is 4.87. The van der Waals surface area contributed by atoms with Crippen molar-refractivity contribution in [3.63, 3.8) is 0 Å². The van der Waals surface area contributed by atoms with Gasteiger partial charge in [-0.15, -0.1) is 0 Å².